The predicted octanol–water partition coefficient (Wildman–Crippen LogP) is 3.80. The summed E-state index contributed by atoms with van der Waals surface area (Å²) < 4.78 is 39.3. The highest BCUT2D eigenvalue weighted by molar-refractivity contribution is 5.90. The fraction of sp³-hybridized carbons (Fsp3) is 0.320. The highest BCUT2D eigenvalue weighted by Gasteiger charge is 2.18. The number of carbonyl (C=O) groups is 2. The van der Waals surface area contributed by atoms with Gasteiger partial charge in [-0.1, -0.05) is 23.8 Å². The summed E-state index contributed by atoms with van der Waals surface area (Å²) >= 11 is 0. The van der Waals surface area contributed by atoms with E-state index in [0.717, 1.165) is 23.4 Å². The highest BCUT2D eigenvalue weighted by Crippen LogP contribution is 2.21. The molecule has 8 nitrogen and oxygen atoms in total. The molecule has 35 heavy (non-hydrogen) atoms. The average molecular weight is 487 g/mol. The minimum absolute atomic E-state index is 0.0170. The van der Waals surface area contributed by atoms with Crippen LogP contribution in [-0.2, 0) is 16.1 Å². The third kappa shape index (κ3) is 7.53. The smallest absolute Gasteiger partial charge is 0.244 e. The number of nitrogens with zero attached hydrogens (tertiary/aromatic N) is 3. The number of carbonyl (C=O) groups excluding carboxylic acids is 2. The largest absolute Gasteiger partial charge is 0.491 e. The fourth-order valence-corrected chi connectivity index (χ4v) is 3.06. The van der Waals surface area contributed by atoms with Gasteiger partial charge in [0.05, 0.1) is 31.0 Å². The van der Waals surface area contributed by atoms with Gasteiger partial charge >= 0.3 is 0 Å². The molecular formula is C25H28F2N4O4. The average Bonchev–Trinajstić information content (AvgIpc) is 3.26. The van der Waals surface area contributed by atoms with Crippen molar-refractivity contribution in [3.63, 3.8) is 0 Å². The fourth-order valence-electron chi connectivity index (χ4n) is 3.06. The number of nitrogens with one attached hydrogen (secondary N) is 1. The minimum Gasteiger partial charge on any atom is -0.491 e. The first-order valence-corrected chi connectivity index (χ1v) is 11.1. The number of likely N-dealkylation sites (N-methyl/N-ethyl adjacent to an activating group) is 1. The zero-order valence-electron chi connectivity index (χ0n) is 19.8. The molecule has 3 rings (SSSR count). The molecule has 10 heteroatoms. The lowest BCUT2D eigenvalue weighted by molar-refractivity contribution is -0.133. The van der Waals surface area contributed by atoms with Crippen LogP contribution in [0.1, 0.15) is 18.9 Å². The van der Waals surface area contributed by atoms with Crippen molar-refractivity contribution in [2.45, 2.75) is 32.9 Å². The summed E-state index contributed by atoms with van der Waals surface area (Å²) in [6.07, 6.45) is 2.81. The molecule has 0 saturated heterocycles. The van der Waals surface area contributed by atoms with Gasteiger partial charge in [0, 0.05) is 13.2 Å². The van der Waals surface area contributed by atoms with Crippen LogP contribution < -0.4 is 14.8 Å². The van der Waals surface area contributed by atoms with E-state index >= 15 is 0 Å². The summed E-state index contributed by atoms with van der Waals surface area (Å²) in [7, 11) is 1.69. The topological polar surface area (TPSA) is 85.7 Å². The summed E-state index contributed by atoms with van der Waals surface area (Å²) in [6.45, 7) is 4.00. The molecule has 2 aromatic carbocycles. The molecule has 3 aromatic rings. The van der Waals surface area contributed by atoms with Crippen LogP contribution in [0.15, 0.2) is 54.9 Å². The van der Waals surface area contributed by atoms with Crippen LogP contribution in [-0.4, -0.2) is 52.8 Å². The third-order valence-electron chi connectivity index (χ3n) is 5.28. The number of benzene rings is 2. The van der Waals surface area contributed by atoms with Gasteiger partial charge in [0.25, 0.3) is 0 Å². The van der Waals surface area contributed by atoms with E-state index in [-0.39, 0.29) is 31.5 Å². The summed E-state index contributed by atoms with van der Waals surface area (Å²) in [6, 6.07) is 10.9. The summed E-state index contributed by atoms with van der Waals surface area (Å²) in [5.41, 5.74) is 1.53. The first-order valence-electron chi connectivity index (χ1n) is 11.1. The van der Waals surface area contributed by atoms with Crippen LogP contribution in [0.4, 0.5) is 14.5 Å². The maximum Gasteiger partial charge on any atom is 0.244 e. The number of hydrogen-bond donors (Lipinski definition) is 1. The summed E-state index contributed by atoms with van der Waals surface area (Å²) in [5, 5.41) is 6.71. The molecular weight excluding hydrogens is 458 g/mol. The van der Waals surface area contributed by atoms with Gasteiger partial charge in [-0.3, -0.25) is 14.3 Å². The van der Waals surface area contributed by atoms with Crippen molar-refractivity contribution >= 4 is 17.5 Å². The van der Waals surface area contributed by atoms with E-state index in [1.165, 1.54) is 23.1 Å². The van der Waals surface area contributed by atoms with Gasteiger partial charge in [0.2, 0.25) is 11.8 Å². The highest BCUT2D eigenvalue weighted by atomic mass is 19.1. The second kappa shape index (κ2) is 12.0. The molecule has 0 fully saturated rings. The van der Waals surface area contributed by atoms with E-state index in [4.69, 9.17) is 9.47 Å². The van der Waals surface area contributed by atoms with Crippen LogP contribution in [0.25, 0.3) is 0 Å². The molecule has 0 radical (unpaired) electrons. The number of aryl methyl sites for hydroxylation is 1. The molecule has 1 heterocycles. The van der Waals surface area contributed by atoms with E-state index in [9.17, 15) is 18.4 Å². The third-order valence-corrected chi connectivity index (χ3v) is 5.28. The number of anilines is 1. The molecule has 1 atom stereocenters. The minimum atomic E-state index is -0.836. The molecule has 0 spiro atoms. The predicted molar refractivity (Wildman–Crippen MR) is 126 cm³/mol. The van der Waals surface area contributed by atoms with Crippen LogP contribution in [0.5, 0.6) is 11.5 Å². The van der Waals surface area contributed by atoms with Gasteiger partial charge in [-0.2, -0.15) is 5.10 Å². The summed E-state index contributed by atoms with van der Waals surface area (Å²) in [5.74, 6) is -2.05. The molecule has 0 bridgehead atoms. The Morgan fingerprint density at radius 3 is 2.49 bits per heavy atom. The number of aromatic nitrogens is 2. The van der Waals surface area contributed by atoms with E-state index in [2.05, 4.69) is 10.4 Å². The molecule has 0 aliphatic carbocycles. The van der Waals surface area contributed by atoms with Gasteiger partial charge in [0.15, 0.2) is 17.4 Å². The van der Waals surface area contributed by atoms with Crippen molar-refractivity contribution in [2.24, 2.45) is 0 Å². The lowest BCUT2D eigenvalue weighted by Crippen LogP contribution is -2.40. The Morgan fingerprint density at radius 2 is 1.80 bits per heavy atom. The molecule has 1 N–H and O–H groups in total. The van der Waals surface area contributed by atoms with E-state index in [1.54, 1.807) is 11.9 Å². The van der Waals surface area contributed by atoms with E-state index < -0.39 is 23.3 Å². The normalized spacial score (nSPS) is 11.6. The molecule has 186 valence electrons. The molecule has 0 aliphatic rings. The number of para-hydroxylation sites is 1. The molecule has 0 aliphatic heterocycles. The Balaban J connectivity index is 1.42. The maximum absolute atomic E-state index is 13.6. The van der Waals surface area contributed by atoms with Crippen LogP contribution in [0, 0.1) is 18.6 Å². The van der Waals surface area contributed by atoms with Gasteiger partial charge < -0.3 is 19.7 Å². The Morgan fingerprint density at radius 1 is 1.11 bits per heavy atom. The van der Waals surface area contributed by atoms with Gasteiger partial charge in [-0.25, -0.2) is 8.78 Å². The Labute approximate surface area is 202 Å². The van der Waals surface area contributed by atoms with Crippen LogP contribution in [0.2, 0.25) is 0 Å². The zero-order valence-corrected chi connectivity index (χ0v) is 19.8. The van der Waals surface area contributed by atoms with Crippen molar-refractivity contribution in [1.82, 2.24) is 14.7 Å². The lowest BCUT2D eigenvalue weighted by atomic mass is 10.2. The number of ether oxygens (including phenoxy) is 2. The molecule has 0 unspecified atom stereocenters. The maximum atomic E-state index is 13.6. The second-order valence-electron chi connectivity index (χ2n) is 8.10. The first-order chi connectivity index (χ1) is 16.7. The monoisotopic (exact) mass is 486 g/mol. The van der Waals surface area contributed by atoms with Crippen molar-refractivity contribution in [1.29, 1.82) is 0 Å². The Kier molecular flexibility index (Phi) is 8.77. The van der Waals surface area contributed by atoms with Crippen LogP contribution >= 0.6 is 0 Å². The number of amides is 2. The second-order valence-corrected chi connectivity index (χ2v) is 8.10. The van der Waals surface area contributed by atoms with Gasteiger partial charge in [-0.05, 0) is 38.1 Å². The standard InChI is InChI=1S/C25H28F2N4O4/c1-17-7-9-20(10-8-17)35-16-18(2)30(3)24(33)15-31-14-19(13-28-31)29-23(32)11-12-34-25-21(26)5-4-6-22(25)27/h4-10,13-14,18H,11-12,15-16H2,1-3H3,(H,29,32)/t18-/m1/s1. The number of hydrogen-bond acceptors (Lipinski definition) is 5. The van der Waals surface area contributed by atoms with Crippen molar-refractivity contribution < 1.29 is 27.8 Å². The number of halogens is 2. The SMILES string of the molecule is Cc1ccc(OC[C@@H](C)N(C)C(=O)Cn2cc(NC(=O)CCOc3c(F)cccc3F)cn2)cc1. The lowest BCUT2D eigenvalue weighted by Gasteiger charge is -2.25. The van der Waals surface area contributed by atoms with Crippen molar-refractivity contribution in [2.75, 3.05) is 25.6 Å². The molecule has 1 aromatic heterocycles. The van der Waals surface area contributed by atoms with E-state index in [1.807, 2.05) is 38.1 Å². The molecule has 2 amide bonds. The summed E-state index contributed by atoms with van der Waals surface area (Å²) in [4.78, 5) is 26.3. The van der Waals surface area contributed by atoms with Gasteiger partial charge in [-0.15, -0.1) is 0 Å². The Hall–Kier alpha value is -3.95. The zero-order chi connectivity index (χ0) is 25.4. The molecule has 0 saturated carbocycles. The van der Waals surface area contributed by atoms with Gasteiger partial charge in [0.1, 0.15) is 18.9 Å². The first kappa shape index (κ1) is 25.7. The van der Waals surface area contributed by atoms with Crippen molar-refractivity contribution in [3.8, 4) is 11.5 Å². The quantitative estimate of drug-likeness (QED) is 0.446. The Bertz CT molecular complexity index is 1130. The van der Waals surface area contributed by atoms with E-state index in [0.29, 0.717) is 12.3 Å². The number of rotatable bonds is 11. The van der Waals surface area contributed by atoms with Crippen LogP contribution in [0.3, 0.4) is 0 Å². The van der Waals surface area contributed by atoms with Crippen molar-refractivity contribution in [3.05, 3.63) is 72.1 Å².